The van der Waals surface area contributed by atoms with Gasteiger partial charge in [-0.3, -0.25) is 9.59 Å². The van der Waals surface area contributed by atoms with Crippen LogP contribution in [0.1, 0.15) is 34.3 Å². The number of carbonyl (C=O) groups is 2. The van der Waals surface area contributed by atoms with E-state index in [1.807, 2.05) is 19.9 Å². The van der Waals surface area contributed by atoms with Crippen molar-refractivity contribution in [3.05, 3.63) is 34.9 Å². The summed E-state index contributed by atoms with van der Waals surface area (Å²) in [5.74, 6) is -1.10. The summed E-state index contributed by atoms with van der Waals surface area (Å²) in [6.07, 6.45) is 0.852. The molecular formula is C16H21NO4. The topological polar surface area (TPSA) is 75.6 Å². The van der Waals surface area contributed by atoms with E-state index >= 15 is 0 Å². The van der Waals surface area contributed by atoms with Crippen molar-refractivity contribution in [1.29, 1.82) is 0 Å². The molecule has 0 bridgehead atoms. The van der Waals surface area contributed by atoms with Gasteiger partial charge in [-0.15, -0.1) is 0 Å². The number of rotatable bonds is 4. The highest BCUT2D eigenvalue weighted by atomic mass is 16.5. The van der Waals surface area contributed by atoms with Crippen LogP contribution in [-0.4, -0.2) is 36.7 Å². The van der Waals surface area contributed by atoms with Crippen molar-refractivity contribution in [2.75, 3.05) is 19.8 Å². The molecule has 1 aromatic rings. The first-order valence-electron chi connectivity index (χ1n) is 7.11. The molecule has 5 heteroatoms. The second kappa shape index (κ2) is 6.26. The number of benzene rings is 1. The summed E-state index contributed by atoms with van der Waals surface area (Å²) in [6.45, 7) is 4.84. The molecule has 1 fully saturated rings. The Morgan fingerprint density at radius 1 is 1.19 bits per heavy atom. The van der Waals surface area contributed by atoms with E-state index in [9.17, 15) is 14.7 Å². The van der Waals surface area contributed by atoms with E-state index in [0.29, 0.717) is 31.6 Å². The lowest BCUT2D eigenvalue weighted by Gasteiger charge is -2.33. The molecule has 1 aliphatic rings. The quantitative estimate of drug-likeness (QED) is 0.888. The van der Waals surface area contributed by atoms with E-state index in [-0.39, 0.29) is 12.5 Å². The molecule has 0 spiro atoms. The van der Waals surface area contributed by atoms with Crippen molar-refractivity contribution in [2.45, 2.75) is 26.7 Å². The summed E-state index contributed by atoms with van der Waals surface area (Å²) < 4.78 is 5.22. The number of carboxylic acid groups (broad SMARTS) is 1. The summed E-state index contributed by atoms with van der Waals surface area (Å²) in [5.41, 5.74) is 1.69. The third kappa shape index (κ3) is 3.61. The maximum atomic E-state index is 12.2. The number of carbonyl (C=O) groups excluding carboxylic acids is 1. The zero-order chi connectivity index (χ0) is 15.5. The van der Waals surface area contributed by atoms with Gasteiger partial charge in [0.15, 0.2) is 0 Å². The van der Waals surface area contributed by atoms with Crippen LogP contribution in [0.15, 0.2) is 18.2 Å². The first kappa shape index (κ1) is 15.5. The van der Waals surface area contributed by atoms with Crippen LogP contribution in [-0.2, 0) is 9.53 Å². The minimum Gasteiger partial charge on any atom is -0.481 e. The van der Waals surface area contributed by atoms with E-state index in [2.05, 4.69) is 5.32 Å². The Morgan fingerprint density at radius 3 is 2.29 bits per heavy atom. The zero-order valence-corrected chi connectivity index (χ0v) is 12.4. The molecule has 1 aliphatic heterocycles. The van der Waals surface area contributed by atoms with Gasteiger partial charge in [-0.25, -0.2) is 0 Å². The number of ether oxygens (including phenoxy) is 1. The lowest BCUT2D eigenvalue weighted by atomic mass is 9.80. The monoisotopic (exact) mass is 291 g/mol. The van der Waals surface area contributed by atoms with Crippen molar-refractivity contribution in [2.24, 2.45) is 5.41 Å². The highest BCUT2D eigenvalue weighted by Crippen LogP contribution is 2.30. The Morgan fingerprint density at radius 2 is 1.76 bits per heavy atom. The lowest BCUT2D eigenvalue weighted by Crippen LogP contribution is -2.46. The standard InChI is InChI=1S/C16H21NO4/c1-11-7-12(2)9-13(8-11)14(18)17-10-16(15(19)20)3-5-21-6-4-16/h7-9H,3-6,10H2,1-2H3,(H,17,18)(H,19,20). The number of nitrogens with one attached hydrogen (secondary N) is 1. The van der Waals surface area contributed by atoms with E-state index in [1.54, 1.807) is 12.1 Å². The fourth-order valence-corrected chi connectivity index (χ4v) is 2.69. The van der Waals surface area contributed by atoms with Crippen molar-refractivity contribution in [3.63, 3.8) is 0 Å². The second-order valence-corrected chi connectivity index (χ2v) is 5.76. The van der Waals surface area contributed by atoms with Gasteiger partial charge in [0.05, 0.1) is 5.41 Å². The molecule has 1 aromatic carbocycles. The number of hydrogen-bond donors (Lipinski definition) is 2. The molecule has 114 valence electrons. The maximum absolute atomic E-state index is 12.2. The fourth-order valence-electron chi connectivity index (χ4n) is 2.69. The number of hydrogen-bond acceptors (Lipinski definition) is 3. The van der Waals surface area contributed by atoms with Crippen LogP contribution in [0, 0.1) is 19.3 Å². The number of aryl methyl sites for hydroxylation is 2. The largest absolute Gasteiger partial charge is 0.481 e. The van der Waals surface area contributed by atoms with Gasteiger partial charge in [-0.1, -0.05) is 17.2 Å². The summed E-state index contributed by atoms with van der Waals surface area (Å²) in [7, 11) is 0. The molecule has 21 heavy (non-hydrogen) atoms. The molecule has 0 atom stereocenters. The lowest BCUT2D eigenvalue weighted by molar-refractivity contribution is -0.154. The van der Waals surface area contributed by atoms with Gasteiger partial charge in [0, 0.05) is 25.3 Å². The maximum Gasteiger partial charge on any atom is 0.311 e. The summed E-state index contributed by atoms with van der Waals surface area (Å²) in [5, 5.41) is 12.2. The van der Waals surface area contributed by atoms with Crippen LogP contribution in [0.4, 0.5) is 0 Å². The normalized spacial score (nSPS) is 17.2. The highest BCUT2D eigenvalue weighted by Gasteiger charge is 2.40. The third-order valence-electron chi connectivity index (χ3n) is 3.97. The predicted octanol–water partition coefficient (Wildman–Crippen LogP) is 1.91. The molecule has 0 radical (unpaired) electrons. The van der Waals surface area contributed by atoms with Crippen molar-refractivity contribution >= 4 is 11.9 Å². The Kier molecular flexibility index (Phi) is 4.63. The minimum atomic E-state index is -0.910. The molecule has 5 nitrogen and oxygen atoms in total. The van der Waals surface area contributed by atoms with Crippen molar-refractivity contribution in [3.8, 4) is 0 Å². The summed E-state index contributed by atoms with van der Waals surface area (Å²) in [4.78, 5) is 23.7. The second-order valence-electron chi connectivity index (χ2n) is 5.76. The molecular weight excluding hydrogens is 270 g/mol. The van der Waals surface area contributed by atoms with Gasteiger partial charge < -0.3 is 15.2 Å². The molecule has 1 saturated heterocycles. The van der Waals surface area contributed by atoms with Crippen molar-refractivity contribution in [1.82, 2.24) is 5.32 Å². The minimum absolute atomic E-state index is 0.136. The zero-order valence-electron chi connectivity index (χ0n) is 12.4. The van der Waals surface area contributed by atoms with Crippen LogP contribution in [0.2, 0.25) is 0 Å². The van der Waals surface area contributed by atoms with E-state index in [0.717, 1.165) is 11.1 Å². The molecule has 2 rings (SSSR count). The van der Waals surface area contributed by atoms with Crippen LogP contribution < -0.4 is 5.32 Å². The fraction of sp³-hybridized carbons (Fsp3) is 0.500. The van der Waals surface area contributed by atoms with Gasteiger partial charge in [0.25, 0.3) is 5.91 Å². The first-order valence-corrected chi connectivity index (χ1v) is 7.11. The predicted molar refractivity (Wildman–Crippen MR) is 78.4 cm³/mol. The van der Waals surface area contributed by atoms with Crippen LogP contribution in [0.25, 0.3) is 0 Å². The first-order chi connectivity index (χ1) is 9.93. The molecule has 0 saturated carbocycles. The van der Waals surface area contributed by atoms with Crippen molar-refractivity contribution < 1.29 is 19.4 Å². The average molecular weight is 291 g/mol. The third-order valence-corrected chi connectivity index (χ3v) is 3.97. The number of aliphatic carboxylic acids is 1. The number of amides is 1. The molecule has 0 aliphatic carbocycles. The molecule has 2 N–H and O–H groups in total. The molecule has 1 amide bonds. The van der Waals surface area contributed by atoms with E-state index < -0.39 is 11.4 Å². The van der Waals surface area contributed by atoms with Crippen LogP contribution in [0.5, 0.6) is 0 Å². The van der Waals surface area contributed by atoms with Crippen LogP contribution >= 0.6 is 0 Å². The Labute approximate surface area is 124 Å². The van der Waals surface area contributed by atoms with Gasteiger partial charge in [-0.05, 0) is 38.8 Å². The number of carboxylic acids is 1. The van der Waals surface area contributed by atoms with Crippen LogP contribution in [0.3, 0.4) is 0 Å². The molecule has 1 heterocycles. The average Bonchev–Trinajstić information content (AvgIpc) is 2.44. The smallest absolute Gasteiger partial charge is 0.311 e. The Bertz CT molecular complexity index is 527. The summed E-state index contributed by atoms with van der Waals surface area (Å²) >= 11 is 0. The van der Waals surface area contributed by atoms with Gasteiger partial charge >= 0.3 is 5.97 Å². The summed E-state index contributed by atoms with van der Waals surface area (Å²) in [6, 6.07) is 5.60. The molecule has 0 unspecified atom stereocenters. The van der Waals surface area contributed by atoms with E-state index in [4.69, 9.17) is 4.74 Å². The van der Waals surface area contributed by atoms with Gasteiger partial charge in [0.1, 0.15) is 0 Å². The molecule has 0 aromatic heterocycles. The van der Waals surface area contributed by atoms with E-state index in [1.165, 1.54) is 0 Å². The van der Waals surface area contributed by atoms with Gasteiger partial charge in [-0.2, -0.15) is 0 Å². The highest BCUT2D eigenvalue weighted by molar-refractivity contribution is 5.95. The SMILES string of the molecule is Cc1cc(C)cc(C(=O)NCC2(C(=O)O)CCOCC2)c1. The van der Waals surface area contributed by atoms with Gasteiger partial charge in [0.2, 0.25) is 0 Å². The Balaban J connectivity index is 2.06. The Hall–Kier alpha value is -1.88.